The molecule has 0 aliphatic carbocycles. The molecule has 8 heteroatoms. The second kappa shape index (κ2) is 7.98. The summed E-state index contributed by atoms with van der Waals surface area (Å²) >= 11 is 0. The molecule has 0 aliphatic rings. The molecule has 0 rings (SSSR count). The number of carboxylic acid groups (broad SMARTS) is 1. The highest BCUT2D eigenvalue weighted by atomic mass is 32.2. The van der Waals surface area contributed by atoms with Gasteiger partial charge in [0.1, 0.15) is 15.9 Å². The highest BCUT2D eigenvalue weighted by Gasteiger charge is 2.22. The molecule has 19 heavy (non-hydrogen) atoms. The molecule has 2 amide bonds. The van der Waals surface area contributed by atoms with E-state index in [0.717, 1.165) is 19.1 Å². The van der Waals surface area contributed by atoms with Gasteiger partial charge in [0.25, 0.3) is 0 Å². The number of aliphatic carboxylic acids is 1. The lowest BCUT2D eigenvalue weighted by Crippen LogP contribution is -2.47. The van der Waals surface area contributed by atoms with Crippen molar-refractivity contribution in [3.63, 3.8) is 0 Å². The number of carbonyl (C=O) groups is 2. The number of nitrogens with one attached hydrogen (secondary N) is 1. The maximum atomic E-state index is 11.7. The Labute approximate surface area is 113 Å². The van der Waals surface area contributed by atoms with Crippen molar-refractivity contribution in [1.29, 1.82) is 0 Å². The lowest BCUT2D eigenvalue weighted by atomic mass is 10.2. The summed E-state index contributed by atoms with van der Waals surface area (Å²) in [4.78, 5) is 24.0. The lowest BCUT2D eigenvalue weighted by molar-refractivity contribution is -0.139. The summed E-state index contributed by atoms with van der Waals surface area (Å²) in [5.41, 5.74) is 0. The molecular formula is C11H22N2O5S. The zero-order chi connectivity index (χ0) is 15.1. The quantitative estimate of drug-likeness (QED) is 0.671. The average Bonchev–Trinajstić information content (AvgIpc) is 2.29. The van der Waals surface area contributed by atoms with Crippen molar-refractivity contribution in [3.8, 4) is 0 Å². The number of carboxylic acids is 1. The van der Waals surface area contributed by atoms with Gasteiger partial charge in [-0.3, -0.25) is 0 Å². The van der Waals surface area contributed by atoms with E-state index in [2.05, 4.69) is 5.32 Å². The summed E-state index contributed by atoms with van der Waals surface area (Å²) in [5, 5.41) is 11.3. The van der Waals surface area contributed by atoms with Gasteiger partial charge in [0.2, 0.25) is 0 Å². The molecule has 0 spiro atoms. The molecule has 0 heterocycles. The van der Waals surface area contributed by atoms with E-state index in [0.29, 0.717) is 6.54 Å². The van der Waals surface area contributed by atoms with E-state index >= 15 is 0 Å². The van der Waals surface area contributed by atoms with Crippen LogP contribution in [-0.2, 0) is 14.6 Å². The number of carbonyl (C=O) groups excluding carboxylic acids is 1. The average molecular weight is 294 g/mol. The fourth-order valence-electron chi connectivity index (χ4n) is 1.35. The van der Waals surface area contributed by atoms with E-state index in [-0.39, 0.29) is 12.2 Å². The van der Waals surface area contributed by atoms with Gasteiger partial charge >= 0.3 is 12.0 Å². The molecule has 7 nitrogen and oxygen atoms in total. The fourth-order valence-corrected chi connectivity index (χ4v) is 2.01. The molecule has 0 aromatic carbocycles. The topological polar surface area (TPSA) is 104 Å². The number of urea groups is 1. The monoisotopic (exact) mass is 294 g/mol. The van der Waals surface area contributed by atoms with Gasteiger partial charge in [0.05, 0.1) is 5.75 Å². The molecule has 0 saturated carbocycles. The standard InChI is InChI=1S/C11H22N2O5S/c1-4-5-7-13(2)11(16)12-9(10(14)15)6-8-19(3,17)18/h9H,4-8H2,1-3H3,(H,12,16)(H,14,15). The first-order valence-electron chi connectivity index (χ1n) is 6.09. The van der Waals surface area contributed by atoms with Crippen LogP contribution in [0.5, 0.6) is 0 Å². The Morgan fingerprint density at radius 1 is 1.37 bits per heavy atom. The number of amides is 2. The molecule has 1 unspecified atom stereocenters. The van der Waals surface area contributed by atoms with Crippen LogP contribution >= 0.6 is 0 Å². The maximum Gasteiger partial charge on any atom is 0.326 e. The van der Waals surface area contributed by atoms with Crippen molar-refractivity contribution in [2.24, 2.45) is 0 Å². The second-order valence-electron chi connectivity index (χ2n) is 4.53. The van der Waals surface area contributed by atoms with Gasteiger partial charge in [-0.1, -0.05) is 13.3 Å². The number of unbranched alkanes of at least 4 members (excludes halogenated alkanes) is 1. The van der Waals surface area contributed by atoms with Gasteiger partial charge in [-0.2, -0.15) is 0 Å². The van der Waals surface area contributed by atoms with E-state index in [1.54, 1.807) is 7.05 Å². The normalized spacial score (nSPS) is 12.8. The predicted molar refractivity (Wildman–Crippen MR) is 71.8 cm³/mol. The van der Waals surface area contributed by atoms with Gasteiger partial charge in [-0.05, 0) is 12.8 Å². The van der Waals surface area contributed by atoms with Crippen LogP contribution < -0.4 is 5.32 Å². The van der Waals surface area contributed by atoms with Crippen LogP contribution in [0.1, 0.15) is 26.2 Å². The lowest BCUT2D eigenvalue weighted by Gasteiger charge is -2.21. The molecule has 112 valence electrons. The first-order valence-corrected chi connectivity index (χ1v) is 8.15. The number of hydrogen-bond donors (Lipinski definition) is 2. The van der Waals surface area contributed by atoms with Crippen LogP contribution in [0.4, 0.5) is 4.79 Å². The number of rotatable bonds is 8. The number of nitrogens with zero attached hydrogens (tertiary/aromatic N) is 1. The summed E-state index contributed by atoms with van der Waals surface area (Å²) in [5.74, 6) is -1.51. The molecule has 0 fully saturated rings. The molecule has 0 radical (unpaired) electrons. The Hall–Kier alpha value is -1.31. The Morgan fingerprint density at radius 3 is 2.37 bits per heavy atom. The fraction of sp³-hybridized carbons (Fsp3) is 0.818. The smallest absolute Gasteiger partial charge is 0.326 e. The van der Waals surface area contributed by atoms with Gasteiger partial charge in [-0.15, -0.1) is 0 Å². The van der Waals surface area contributed by atoms with Crippen LogP contribution in [0.3, 0.4) is 0 Å². The van der Waals surface area contributed by atoms with Crippen molar-refractivity contribution in [2.45, 2.75) is 32.2 Å². The largest absolute Gasteiger partial charge is 0.480 e. The molecule has 2 N–H and O–H groups in total. The third kappa shape index (κ3) is 8.41. The minimum atomic E-state index is -3.25. The summed E-state index contributed by atoms with van der Waals surface area (Å²) in [7, 11) is -1.68. The molecule has 0 aromatic heterocycles. The molecule has 0 aliphatic heterocycles. The summed E-state index contributed by atoms with van der Waals surface area (Å²) in [6.45, 7) is 2.51. The first kappa shape index (κ1) is 17.7. The summed E-state index contributed by atoms with van der Waals surface area (Å²) in [6, 6.07) is -1.69. The van der Waals surface area contributed by atoms with Crippen molar-refractivity contribution in [1.82, 2.24) is 10.2 Å². The van der Waals surface area contributed by atoms with Crippen molar-refractivity contribution in [3.05, 3.63) is 0 Å². The maximum absolute atomic E-state index is 11.7. The first-order chi connectivity index (χ1) is 8.67. The van der Waals surface area contributed by atoms with Crippen molar-refractivity contribution < 1.29 is 23.1 Å². The molecule has 0 saturated heterocycles. The Morgan fingerprint density at radius 2 is 1.95 bits per heavy atom. The minimum Gasteiger partial charge on any atom is -0.480 e. The SMILES string of the molecule is CCCCN(C)C(=O)NC(CCS(C)(=O)=O)C(=O)O. The van der Waals surface area contributed by atoms with Gasteiger partial charge in [0, 0.05) is 19.8 Å². The predicted octanol–water partition coefficient (Wildman–Crippen LogP) is 0.316. The van der Waals surface area contributed by atoms with E-state index < -0.39 is 27.9 Å². The minimum absolute atomic E-state index is 0.137. The highest BCUT2D eigenvalue weighted by molar-refractivity contribution is 7.90. The zero-order valence-corrected chi connectivity index (χ0v) is 12.4. The van der Waals surface area contributed by atoms with E-state index in [4.69, 9.17) is 5.11 Å². The molecular weight excluding hydrogens is 272 g/mol. The van der Waals surface area contributed by atoms with Crippen LogP contribution in [0.15, 0.2) is 0 Å². The number of sulfone groups is 1. The van der Waals surface area contributed by atoms with Gasteiger partial charge in [0.15, 0.2) is 0 Å². The van der Waals surface area contributed by atoms with Crippen LogP contribution in [-0.4, -0.2) is 62.1 Å². The van der Waals surface area contributed by atoms with Crippen LogP contribution in [0.25, 0.3) is 0 Å². The Kier molecular flexibility index (Phi) is 7.43. The molecule has 1 atom stereocenters. The molecule has 0 aromatic rings. The zero-order valence-electron chi connectivity index (χ0n) is 11.5. The van der Waals surface area contributed by atoms with E-state index in [1.165, 1.54) is 4.90 Å². The van der Waals surface area contributed by atoms with Crippen molar-refractivity contribution in [2.75, 3.05) is 25.6 Å². The van der Waals surface area contributed by atoms with E-state index in [1.807, 2.05) is 6.92 Å². The second-order valence-corrected chi connectivity index (χ2v) is 6.79. The number of hydrogen-bond acceptors (Lipinski definition) is 4. The third-order valence-corrected chi connectivity index (χ3v) is 3.54. The third-order valence-electron chi connectivity index (χ3n) is 2.57. The van der Waals surface area contributed by atoms with Gasteiger partial charge < -0.3 is 15.3 Å². The molecule has 0 bridgehead atoms. The highest BCUT2D eigenvalue weighted by Crippen LogP contribution is 1.99. The van der Waals surface area contributed by atoms with Gasteiger partial charge in [-0.25, -0.2) is 18.0 Å². The Balaban J connectivity index is 4.42. The van der Waals surface area contributed by atoms with Crippen LogP contribution in [0, 0.1) is 0 Å². The Bertz CT molecular complexity index is 407. The summed E-state index contributed by atoms with van der Waals surface area (Å²) in [6.07, 6.45) is 2.64. The van der Waals surface area contributed by atoms with Crippen molar-refractivity contribution >= 4 is 21.8 Å². The van der Waals surface area contributed by atoms with E-state index in [9.17, 15) is 18.0 Å². The summed E-state index contributed by atoms with van der Waals surface area (Å²) < 4.78 is 22.0. The van der Waals surface area contributed by atoms with Crippen LogP contribution in [0.2, 0.25) is 0 Å².